The fourth-order valence-corrected chi connectivity index (χ4v) is 2.70. The second-order valence-corrected chi connectivity index (χ2v) is 5.60. The summed E-state index contributed by atoms with van der Waals surface area (Å²) in [7, 11) is 0. The predicted octanol–water partition coefficient (Wildman–Crippen LogP) is 2.03. The van der Waals surface area contributed by atoms with Crippen molar-refractivity contribution in [1.29, 1.82) is 10.5 Å². The van der Waals surface area contributed by atoms with Gasteiger partial charge in [0, 0.05) is 24.7 Å². The van der Waals surface area contributed by atoms with Gasteiger partial charge in [-0.05, 0) is 26.0 Å². The van der Waals surface area contributed by atoms with Crippen LogP contribution in [0, 0.1) is 22.7 Å². The monoisotopic (exact) mass is 254 g/mol. The Bertz CT molecular complexity index is 536. The third kappa shape index (κ3) is 3.05. The molecular weight excluding hydrogens is 236 g/mol. The Balaban J connectivity index is 2.29. The van der Waals surface area contributed by atoms with Crippen LogP contribution in [-0.2, 0) is 0 Å². The lowest BCUT2D eigenvalue weighted by molar-refractivity contribution is 0.291. The molecule has 1 aliphatic rings. The molecule has 1 aliphatic heterocycles. The first-order valence-electron chi connectivity index (χ1n) is 6.44. The normalized spacial score (nSPS) is 21.5. The molecule has 0 spiro atoms. The van der Waals surface area contributed by atoms with Gasteiger partial charge in [0.1, 0.15) is 6.07 Å². The Morgan fingerprint density at radius 3 is 2.79 bits per heavy atom. The molecule has 0 radical (unpaired) electrons. The van der Waals surface area contributed by atoms with E-state index in [1.54, 1.807) is 0 Å². The number of nitrogens with one attached hydrogen (secondary N) is 1. The maximum absolute atomic E-state index is 9.20. The first kappa shape index (κ1) is 13.4. The maximum atomic E-state index is 9.20. The summed E-state index contributed by atoms with van der Waals surface area (Å²) in [5.41, 5.74) is 1.58. The lowest BCUT2D eigenvalue weighted by Gasteiger charge is -2.44. The summed E-state index contributed by atoms with van der Waals surface area (Å²) in [4.78, 5) is 2.21. The van der Waals surface area contributed by atoms with Crippen molar-refractivity contribution in [1.82, 2.24) is 5.32 Å². The molecule has 4 heteroatoms. The van der Waals surface area contributed by atoms with Crippen LogP contribution in [-0.4, -0.2) is 24.7 Å². The Morgan fingerprint density at radius 2 is 2.11 bits per heavy atom. The maximum Gasteiger partial charge on any atom is 0.101 e. The summed E-state index contributed by atoms with van der Waals surface area (Å²) in [5.74, 6) is 0. The third-order valence-electron chi connectivity index (χ3n) is 3.32. The van der Waals surface area contributed by atoms with Crippen molar-refractivity contribution < 1.29 is 0 Å². The van der Waals surface area contributed by atoms with Crippen LogP contribution in [0.5, 0.6) is 0 Å². The zero-order valence-corrected chi connectivity index (χ0v) is 11.3. The molecule has 0 bridgehead atoms. The van der Waals surface area contributed by atoms with Crippen molar-refractivity contribution in [3.05, 3.63) is 29.8 Å². The minimum absolute atomic E-state index is 0.0671. The van der Waals surface area contributed by atoms with Gasteiger partial charge in [-0.1, -0.05) is 12.1 Å². The molecule has 1 unspecified atom stereocenters. The van der Waals surface area contributed by atoms with E-state index in [9.17, 15) is 5.26 Å². The van der Waals surface area contributed by atoms with Crippen LogP contribution >= 0.6 is 0 Å². The van der Waals surface area contributed by atoms with Crippen molar-refractivity contribution in [2.45, 2.75) is 31.8 Å². The average Bonchev–Trinajstić information content (AvgIpc) is 2.37. The summed E-state index contributed by atoms with van der Waals surface area (Å²) < 4.78 is 0. The predicted molar refractivity (Wildman–Crippen MR) is 74.6 cm³/mol. The topological polar surface area (TPSA) is 62.9 Å². The molecule has 1 atom stereocenters. The second-order valence-electron chi connectivity index (χ2n) is 5.60. The highest BCUT2D eigenvalue weighted by atomic mass is 15.2. The summed E-state index contributed by atoms with van der Waals surface area (Å²) in [6.07, 6.45) is 0.481. The van der Waals surface area contributed by atoms with Crippen molar-refractivity contribution in [3.63, 3.8) is 0 Å². The minimum Gasteiger partial charge on any atom is -0.367 e. The SMILES string of the molecule is CC1(C)CN(c2ccccc2C#N)CC(CC#N)N1. The van der Waals surface area contributed by atoms with Crippen LogP contribution in [0.25, 0.3) is 0 Å². The van der Waals surface area contributed by atoms with Crippen molar-refractivity contribution >= 4 is 5.69 Å². The Labute approximate surface area is 114 Å². The van der Waals surface area contributed by atoms with E-state index in [1.165, 1.54) is 0 Å². The lowest BCUT2D eigenvalue weighted by Crippen LogP contribution is -2.62. The molecule has 1 heterocycles. The fourth-order valence-electron chi connectivity index (χ4n) is 2.70. The van der Waals surface area contributed by atoms with Gasteiger partial charge in [0.05, 0.1) is 23.7 Å². The highest BCUT2D eigenvalue weighted by molar-refractivity contribution is 5.60. The Kier molecular flexibility index (Phi) is 3.74. The van der Waals surface area contributed by atoms with Crippen LogP contribution < -0.4 is 10.2 Å². The van der Waals surface area contributed by atoms with E-state index in [1.807, 2.05) is 24.3 Å². The van der Waals surface area contributed by atoms with Crippen LogP contribution in [0.2, 0.25) is 0 Å². The quantitative estimate of drug-likeness (QED) is 0.877. The van der Waals surface area contributed by atoms with Gasteiger partial charge in [-0.15, -0.1) is 0 Å². The average molecular weight is 254 g/mol. The van der Waals surface area contributed by atoms with E-state index < -0.39 is 0 Å². The van der Waals surface area contributed by atoms with Gasteiger partial charge in [0.25, 0.3) is 0 Å². The number of hydrogen-bond acceptors (Lipinski definition) is 4. The summed E-state index contributed by atoms with van der Waals surface area (Å²) in [5, 5.41) is 21.6. The first-order valence-corrected chi connectivity index (χ1v) is 6.44. The molecule has 2 rings (SSSR count). The fraction of sp³-hybridized carbons (Fsp3) is 0.467. The molecule has 0 saturated carbocycles. The summed E-state index contributed by atoms with van der Waals surface area (Å²) in [6, 6.07) is 12.2. The molecule has 19 heavy (non-hydrogen) atoms. The summed E-state index contributed by atoms with van der Waals surface area (Å²) >= 11 is 0. The van der Waals surface area contributed by atoms with E-state index in [2.05, 4.69) is 36.2 Å². The highest BCUT2D eigenvalue weighted by Gasteiger charge is 2.32. The van der Waals surface area contributed by atoms with Gasteiger partial charge in [0.2, 0.25) is 0 Å². The second kappa shape index (κ2) is 5.30. The lowest BCUT2D eigenvalue weighted by atomic mass is 9.96. The zero-order valence-electron chi connectivity index (χ0n) is 11.3. The molecule has 1 fully saturated rings. The van der Waals surface area contributed by atoms with Gasteiger partial charge in [-0.3, -0.25) is 0 Å². The molecule has 0 aromatic heterocycles. The molecule has 1 aromatic carbocycles. The zero-order chi connectivity index (χ0) is 13.9. The standard InChI is InChI=1S/C15H18N4/c1-15(2)11-19(10-13(18-15)7-8-16)14-6-4-3-5-12(14)9-17/h3-6,13,18H,7,10-11H2,1-2H3. The number of piperazine rings is 1. The summed E-state index contributed by atoms with van der Waals surface area (Å²) in [6.45, 7) is 5.83. The van der Waals surface area contributed by atoms with Crippen LogP contribution in [0.3, 0.4) is 0 Å². The molecule has 98 valence electrons. The van der Waals surface area contributed by atoms with Crippen LogP contribution in [0.4, 0.5) is 5.69 Å². The molecule has 1 aromatic rings. The smallest absolute Gasteiger partial charge is 0.101 e. The minimum atomic E-state index is -0.0671. The Hall–Kier alpha value is -2.04. The van der Waals surface area contributed by atoms with E-state index in [4.69, 9.17) is 5.26 Å². The van der Waals surface area contributed by atoms with Gasteiger partial charge < -0.3 is 10.2 Å². The molecule has 4 nitrogen and oxygen atoms in total. The largest absolute Gasteiger partial charge is 0.367 e. The van der Waals surface area contributed by atoms with Gasteiger partial charge in [0.15, 0.2) is 0 Å². The van der Waals surface area contributed by atoms with E-state index in [-0.39, 0.29) is 11.6 Å². The van der Waals surface area contributed by atoms with Crippen molar-refractivity contribution in [2.75, 3.05) is 18.0 Å². The van der Waals surface area contributed by atoms with Gasteiger partial charge in [-0.25, -0.2) is 0 Å². The number of nitriles is 2. The number of anilines is 1. The molecule has 0 amide bonds. The molecule has 0 aliphatic carbocycles. The van der Waals surface area contributed by atoms with Crippen LogP contribution in [0.15, 0.2) is 24.3 Å². The van der Waals surface area contributed by atoms with Crippen molar-refractivity contribution in [3.8, 4) is 12.1 Å². The number of hydrogen-bond donors (Lipinski definition) is 1. The van der Waals surface area contributed by atoms with Crippen LogP contribution in [0.1, 0.15) is 25.8 Å². The number of benzene rings is 1. The molecular formula is C15H18N4. The number of para-hydroxylation sites is 1. The van der Waals surface area contributed by atoms with Gasteiger partial charge >= 0.3 is 0 Å². The number of rotatable bonds is 2. The molecule has 1 N–H and O–H groups in total. The highest BCUT2D eigenvalue weighted by Crippen LogP contribution is 2.25. The van der Waals surface area contributed by atoms with E-state index >= 15 is 0 Å². The van der Waals surface area contributed by atoms with Crippen molar-refractivity contribution in [2.24, 2.45) is 0 Å². The van der Waals surface area contributed by atoms with E-state index in [0.717, 1.165) is 18.8 Å². The first-order chi connectivity index (χ1) is 9.05. The molecule has 1 saturated heterocycles. The van der Waals surface area contributed by atoms with E-state index in [0.29, 0.717) is 12.0 Å². The third-order valence-corrected chi connectivity index (χ3v) is 3.32. The van der Waals surface area contributed by atoms with Gasteiger partial charge in [-0.2, -0.15) is 10.5 Å². The Morgan fingerprint density at radius 1 is 1.37 bits per heavy atom. The number of nitrogens with zero attached hydrogens (tertiary/aromatic N) is 3.